The van der Waals surface area contributed by atoms with Gasteiger partial charge in [-0.3, -0.25) is 0 Å². The van der Waals surface area contributed by atoms with Crippen LogP contribution in [0.15, 0.2) is 22.4 Å². The van der Waals surface area contributed by atoms with Crippen molar-refractivity contribution in [2.75, 3.05) is 0 Å². The number of rotatable bonds is 2. The van der Waals surface area contributed by atoms with Gasteiger partial charge in [-0.05, 0) is 0 Å². The topological polar surface area (TPSA) is 9.23 Å². The zero-order valence-corrected chi connectivity index (χ0v) is 13.8. The van der Waals surface area contributed by atoms with Crippen molar-refractivity contribution in [3.8, 4) is 0 Å². The zero-order chi connectivity index (χ0) is 9.19. The molecule has 1 aliphatic rings. The van der Waals surface area contributed by atoms with Gasteiger partial charge in [0.1, 0.15) is 0 Å². The zero-order valence-electron chi connectivity index (χ0n) is 6.27. The second-order valence-corrected chi connectivity index (χ2v) is 6.33. The van der Waals surface area contributed by atoms with Crippen LogP contribution in [0.1, 0.15) is 0 Å². The third kappa shape index (κ3) is 2.67. The van der Waals surface area contributed by atoms with Crippen molar-refractivity contribution < 1.29 is 4.74 Å². The Labute approximate surface area is 105 Å². The summed E-state index contributed by atoms with van der Waals surface area (Å²) in [6.45, 7) is 0. The Morgan fingerprint density at radius 2 is 2.08 bits per heavy atom. The molecular weight excluding hydrogens is 416 g/mol. The average molecular weight is 426 g/mol. The van der Waals surface area contributed by atoms with E-state index < -0.39 is 0 Å². The molecule has 0 aromatic rings. The summed E-state index contributed by atoms with van der Waals surface area (Å²) in [5.41, 5.74) is 0. The van der Waals surface area contributed by atoms with Gasteiger partial charge >= 0.3 is 106 Å². The summed E-state index contributed by atoms with van der Waals surface area (Å²) in [6, 6.07) is 0. The molecule has 68 valence electrons. The molecule has 0 saturated heterocycles. The van der Waals surface area contributed by atoms with Crippen LogP contribution in [-0.2, 0) is 4.74 Å². The SMILES string of the molecule is [SeH]CC1=C([SeH])C=CC([SeH])(C[SeH])O1. The van der Waals surface area contributed by atoms with Gasteiger partial charge in [-0.2, -0.15) is 0 Å². The molecule has 0 saturated carbocycles. The Morgan fingerprint density at radius 3 is 2.58 bits per heavy atom. The van der Waals surface area contributed by atoms with E-state index in [4.69, 9.17) is 4.74 Å². The fourth-order valence-electron chi connectivity index (χ4n) is 0.800. The normalized spacial score (nSPS) is 29.0. The van der Waals surface area contributed by atoms with Crippen molar-refractivity contribution in [3.63, 3.8) is 0 Å². The molecule has 0 spiro atoms. The van der Waals surface area contributed by atoms with Crippen LogP contribution in [0.5, 0.6) is 0 Å². The molecule has 1 aliphatic heterocycles. The minimum absolute atomic E-state index is 0.175. The Morgan fingerprint density at radius 1 is 1.42 bits per heavy atom. The fourth-order valence-corrected chi connectivity index (χ4v) is 3.04. The quantitative estimate of drug-likeness (QED) is 0.511. The predicted octanol–water partition coefficient (Wildman–Crippen LogP) is -1.08. The van der Waals surface area contributed by atoms with Gasteiger partial charge in [-0.15, -0.1) is 0 Å². The Balaban J connectivity index is 2.83. The van der Waals surface area contributed by atoms with Crippen LogP contribution < -0.4 is 0 Å². The molecule has 0 aliphatic carbocycles. The maximum atomic E-state index is 5.80. The second-order valence-electron chi connectivity index (χ2n) is 2.40. The first kappa shape index (κ1) is 11.4. The molecule has 0 amide bonds. The van der Waals surface area contributed by atoms with Gasteiger partial charge in [0.15, 0.2) is 0 Å². The Bertz CT molecular complexity index is 236. The van der Waals surface area contributed by atoms with Crippen molar-refractivity contribution in [2.24, 2.45) is 0 Å². The summed E-state index contributed by atoms with van der Waals surface area (Å²) in [7, 11) is 0. The number of hydrogen-bond donors (Lipinski definition) is 0. The minimum atomic E-state index is -0.175. The van der Waals surface area contributed by atoms with Crippen molar-refractivity contribution in [2.45, 2.75) is 15.1 Å². The van der Waals surface area contributed by atoms with Gasteiger partial charge in [-0.1, -0.05) is 0 Å². The van der Waals surface area contributed by atoms with Crippen LogP contribution >= 0.6 is 0 Å². The van der Waals surface area contributed by atoms with E-state index in [1.54, 1.807) is 0 Å². The molecule has 5 heteroatoms. The van der Waals surface area contributed by atoms with Crippen LogP contribution in [0.25, 0.3) is 0 Å². The molecule has 0 aromatic carbocycles. The van der Waals surface area contributed by atoms with E-state index in [-0.39, 0.29) is 4.50 Å². The molecule has 0 N–H and O–H groups in total. The number of allylic oxidation sites excluding steroid dienone is 3. The number of ether oxygens (including phenoxy) is 1. The van der Waals surface area contributed by atoms with Crippen LogP contribution in [0.3, 0.4) is 0 Å². The second kappa shape index (κ2) is 4.73. The average Bonchev–Trinajstić information content (AvgIpc) is 2.10. The van der Waals surface area contributed by atoms with E-state index >= 15 is 0 Å². The summed E-state index contributed by atoms with van der Waals surface area (Å²) in [5, 5.41) is 1.82. The van der Waals surface area contributed by atoms with Crippen LogP contribution in [0.2, 0.25) is 10.6 Å². The van der Waals surface area contributed by atoms with Crippen LogP contribution in [0, 0.1) is 0 Å². The van der Waals surface area contributed by atoms with Gasteiger partial charge in [0.25, 0.3) is 0 Å². The van der Waals surface area contributed by atoms with Gasteiger partial charge < -0.3 is 0 Å². The summed E-state index contributed by atoms with van der Waals surface area (Å²) in [5.74, 6) is 1.06. The monoisotopic (exact) mass is 430 g/mol. The van der Waals surface area contributed by atoms with E-state index in [1.807, 2.05) is 0 Å². The van der Waals surface area contributed by atoms with E-state index in [9.17, 15) is 0 Å². The van der Waals surface area contributed by atoms with Gasteiger partial charge in [0.2, 0.25) is 0 Å². The van der Waals surface area contributed by atoms with Crippen molar-refractivity contribution in [1.29, 1.82) is 0 Å². The Hall–Kier alpha value is 1.36. The standard InChI is InChI=1S/C7H10OSe4/c9-3-5-6(11)1-2-7(12,4-10)8-5/h1-2,9-12H,3-4H2. The van der Waals surface area contributed by atoms with E-state index in [1.165, 1.54) is 4.47 Å². The molecule has 1 heterocycles. The third-order valence-corrected chi connectivity index (χ3v) is 5.89. The molecular formula is C7H10OSe4. The molecule has 0 radical (unpaired) electrons. The molecule has 12 heavy (non-hydrogen) atoms. The first-order valence-electron chi connectivity index (χ1n) is 3.36. The summed E-state index contributed by atoms with van der Waals surface area (Å²) in [6.07, 6.45) is 4.20. The van der Waals surface area contributed by atoms with E-state index in [0.29, 0.717) is 0 Å². The third-order valence-electron chi connectivity index (χ3n) is 1.46. The molecule has 0 fully saturated rings. The molecule has 1 nitrogen and oxygen atoms in total. The summed E-state index contributed by atoms with van der Waals surface area (Å²) < 4.78 is 6.80. The molecule has 1 unspecified atom stereocenters. The Kier molecular flexibility index (Phi) is 4.51. The molecule has 0 aromatic heterocycles. The summed E-state index contributed by atoms with van der Waals surface area (Å²) in [4.78, 5) is 0. The van der Waals surface area contributed by atoms with Gasteiger partial charge in [0, 0.05) is 0 Å². The first-order chi connectivity index (χ1) is 5.61. The molecule has 1 rings (SSSR count). The first-order valence-corrected chi connectivity index (χ1v) is 7.89. The van der Waals surface area contributed by atoms with Crippen LogP contribution in [-0.4, -0.2) is 68.6 Å². The fraction of sp³-hybridized carbons (Fsp3) is 0.429. The van der Waals surface area contributed by atoms with Crippen molar-refractivity contribution in [3.05, 3.63) is 22.4 Å². The van der Waals surface area contributed by atoms with Crippen molar-refractivity contribution >= 4 is 64.1 Å². The maximum absolute atomic E-state index is 5.80. The van der Waals surface area contributed by atoms with E-state index in [2.05, 4.69) is 76.2 Å². The van der Waals surface area contributed by atoms with Crippen LogP contribution in [0.4, 0.5) is 0 Å². The van der Waals surface area contributed by atoms with Gasteiger partial charge in [-0.25, -0.2) is 0 Å². The van der Waals surface area contributed by atoms with E-state index in [0.717, 1.165) is 16.4 Å². The van der Waals surface area contributed by atoms with Gasteiger partial charge in [0.05, 0.1) is 0 Å². The number of hydrogen-bond acceptors (Lipinski definition) is 1. The van der Waals surface area contributed by atoms with Crippen molar-refractivity contribution in [1.82, 2.24) is 0 Å². The summed E-state index contributed by atoms with van der Waals surface area (Å²) >= 11 is 10.2. The molecule has 1 atom stereocenters. The predicted molar refractivity (Wildman–Crippen MR) is 58.2 cm³/mol. The molecule has 0 bridgehead atoms.